The van der Waals surface area contributed by atoms with Crippen LogP contribution in [-0.4, -0.2) is 47.4 Å². The van der Waals surface area contributed by atoms with E-state index in [-0.39, 0.29) is 41.9 Å². The molecule has 0 spiro atoms. The maximum absolute atomic E-state index is 13.1. The molecule has 0 bridgehead atoms. The molecule has 0 aromatic carbocycles. The first-order valence-electron chi connectivity index (χ1n) is 8.73. The second-order valence-electron chi connectivity index (χ2n) is 7.74. The number of likely N-dealkylation sites (tertiary alicyclic amines) is 2. The van der Waals surface area contributed by atoms with E-state index in [9.17, 15) is 4.79 Å². The number of carbonyl (C=O) groups excluding carboxylic acids is 1. The van der Waals surface area contributed by atoms with E-state index < -0.39 is 0 Å². The normalized spacial score (nSPS) is 28.4. The van der Waals surface area contributed by atoms with E-state index >= 15 is 0 Å². The molecule has 2 fully saturated rings. The van der Waals surface area contributed by atoms with Crippen LogP contribution in [0.5, 0.6) is 0 Å². The molecule has 0 radical (unpaired) electrons. The number of nitrogens with two attached hydrogens (primary N) is 1. The van der Waals surface area contributed by atoms with Crippen molar-refractivity contribution in [3.63, 3.8) is 0 Å². The molecule has 3 rings (SSSR count). The largest absolute Gasteiger partial charge is 0.333 e. The quantitative estimate of drug-likeness (QED) is 0.886. The van der Waals surface area contributed by atoms with Crippen molar-refractivity contribution in [3.8, 4) is 0 Å². The summed E-state index contributed by atoms with van der Waals surface area (Å²) >= 11 is 1.76. The van der Waals surface area contributed by atoms with Crippen molar-refractivity contribution < 1.29 is 4.79 Å². The first kappa shape index (κ1) is 19.7. The lowest BCUT2D eigenvalue weighted by Gasteiger charge is -2.45. The number of hydrogen-bond donors (Lipinski definition) is 1. The summed E-state index contributed by atoms with van der Waals surface area (Å²) in [6.07, 6.45) is 3.17. The molecule has 24 heavy (non-hydrogen) atoms. The van der Waals surface area contributed by atoms with Gasteiger partial charge in [0.25, 0.3) is 0 Å². The van der Waals surface area contributed by atoms with Crippen LogP contribution in [0, 0.1) is 5.41 Å². The van der Waals surface area contributed by atoms with Gasteiger partial charge in [-0.3, -0.25) is 9.69 Å². The highest BCUT2D eigenvalue weighted by Crippen LogP contribution is 2.36. The molecular formula is C18H30ClN3OS. The summed E-state index contributed by atoms with van der Waals surface area (Å²) in [5.74, 6) is 0.284. The first-order valence-corrected chi connectivity index (χ1v) is 9.61. The number of thiophene rings is 1. The Hall–Kier alpha value is -0.620. The lowest BCUT2D eigenvalue weighted by Crippen LogP contribution is -2.57. The van der Waals surface area contributed by atoms with Gasteiger partial charge < -0.3 is 10.6 Å². The van der Waals surface area contributed by atoms with E-state index in [1.165, 1.54) is 4.88 Å². The Labute approximate surface area is 155 Å². The Bertz CT molecular complexity index is 548. The monoisotopic (exact) mass is 371 g/mol. The highest BCUT2D eigenvalue weighted by Gasteiger charge is 2.39. The van der Waals surface area contributed by atoms with Gasteiger partial charge in [0.1, 0.15) is 0 Å². The van der Waals surface area contributed by atoms with Gasteiger partial charge >= 0.3 is 0 Å². The summed E-state index contributed by atoms with van der Waals surface area (Å²) in [6, 6.07) is 4.70. The third-order valence-corrected chi connectivity index (χ3v) is 6.63. The molecule has 3 unspecified atom stereocenters. The van der Waals surface area contributed by atoms with Crippen LogP contribution < -0.4 is 5.73 Å². The van der Waals surface area contributed by atoms with Crippen molar-refractivity contribution in [2.45, 2.75) is 58.2 Å². The van der Waals surface area contributed by atoms with Crippen molar-refractivity contribution in [1.29, 1.82) is 0 Å². The predicted octanol–water partition coefficient (Wildman–Crippen LogP) is 3.28. The van der Waals surface area contributed by atoms with Crippen LogP contribution in [0.2, 0.25) is 0 Å². The molecule has 0 aliphatic carbocycles. The lowest BCUT2D eigenvalue weighted by atomic mass is 9.79. The Morgan fingerprint density at radius 1 is 1.38 bits per heavy atom. The molecule has 2 aliphatic heterocycles. The fourth-order valence-corrected chi connectivity index (χ4v) is 4.82. The average molecular weight is 372 g/mol. The number of carbonyl (C=O) groups is 1. The van der Waals surface area contributed by atoms with Crippen LogP contribution in [0.4, 0.5) is 0 Å². The zero-order valence-corrected chi connectivity index (χ0v) is 16.5. The summed E-state index contributed by atoms with van der Waals surface area (Å²) in [4.78, 5) is 18.9. The summed E-state index contributed by atoms with van der Waals surface area (Å²) in [6.45, 7) is 9.21. The van der Waals surface area contributed by atoms with E-state index in [1.54, 1.807) is 11.3 Å². The van der Waals surface area contributed by atoms with E-state index in [0.29, 0.717) is 0 Å². The third-order valence-electron chi connectivity index (χ3n) is 5.65. The van der Waals surface area contributed by atoms with E-state index in [4.69, 9.17) is 5.73 Å². The second-order valence-corrected chi connectivity index (χ2v) is 8.71. The molecule has 1 amide bonds. The molecule has 2 saturated heterocycles. The molecule has 3 heterocycles. The Morgan fingerprint density at radius 3 is 2.75 bits per heavy atom. The standard InChI is InChI=1S/C18H29N3OS.ClH/c1-13(20-10-8-16(19)18(2,3)12-20)17(22)21-9-4-6-14(21)15-7-5-11-23-15;/h5,7,11,13-14,16H,4,6,8-10,12,19H2,1-3H3;1H. The van der Waals surface area contributed by atoms with Gasteiger partial charge in [-0.2, -0.15) is 0 Å². The molecule has 1 aromatic heterocycles. The number of halogens is 1. The number of rotatable bonds is 3. The number of piperidine rings is 1. The van der Waals surface area contributed by atoms with Crippen LogP contribution in [0.25, 0.3) is 0 Å². The lowest BCUT2D eigenvalue weighted by molar-refractivity contribution is -0.138. The minimum Gasteiger partial charge on any atom is -0.333 e. The zero-order valence-electron chi connectivity index (χ0n) is 14.9. The number of hydrogen-bond acceptors (Lipinski definition) is 4. The van der Waals surface area contributed by atoms with Gasteiger partial charge in [0, 0.05) is 30.6 Å². The number of nitrogens with zero attached hydrogens (tertiary/aromatic N) is 2. The first-order chi connectivity index (χ1) is 10.9. The Kier molecular flexibility index (Phi) is 6.35. The van der Waals surface area contributed by atoms with Crippen LogP contribution in [0.3, 0.4) is 0 Å². The van der Waals surface area contributed by atoms with Gasteiger partial charge in [-0.1, -0.05) is 19.9 Å². The highest BCUT2D eigenvalue weighted by atomic mass is 35.5. The van der Waals surface area contributed by atoms with E-state index in [0.717, 1.165) is 38.9 Å². The van der Waals surface area contributed by atoms with Gasteiger partial charge in [-0.15, -0.1) is 23.7 Å². The van der Waals surface area contributed by atoms with Crippen LogP contribution >= 0.6 is 23.7 Å². The van der Waals surface area contributed by atoms with Crippen molar-refractivity contribution in [1.82, 2.24) is 9.80 Å². The van der Waals surface area contributed by atoms with Crippen LogP contribution in [0.1, 0.15) is 51.0 Å². The molecular weight excluding hydrogens is 342 g/mol. The van der Waals surface area contributed by atoms with Crippen molar-refractivity contribution >= 4 is 29.7 Å². The predicted molar refractivity (Wildman–Crippen MR) is 103 cm³/mol. The third kappa shape index (κ3) is 3.79. The van der Waals surface area contributed by atoms with Gasteiger partial charge in [0.15, 0.2) is 0 Å². The fourth-order valence-electron chi connectivity index (χ4n) is 3.95. The molecule has 136 valence electrons. The minimum atomic E-state index is -0.0534. The van der Waals surface area contributed by atoms with Crippen molar-refractivity contribution in [2.75, 3.05) is 19.6 Å². The SMILES string of the molecule is CC(C(=O)N1CCCC1c1cccs1)N1CCC(N)C(C)(C)C1.Cl. The average Bonchev–Trinajstić information content (AvgIpc) is 3.18. The maximum atomic E-state index is 13.1. The summed E-state index contributed by atoms with van der Waals surface area (Å²) in [5.41, 5.74) is 6.31. The minimum absolute atomic E-state index is 0. The molecule has 6 heteroatoms. The molecule has 0 saturated carbocycles. The highest BCUT2D eigenvalue weighted by molar-refractivity contribution is 7.10. The Balaban J connectivity index is 0.00000208. The number of amides is 1. The van der Waals surface area contributed by atoms with Crippen molar-refractivity contribution in [2.24, 2.45) is 11.1 Å². The fraction of sp³-hybridized carbons (Fsp3) is 0.722. The topological polar surface area (TPSA) is 49.6 Å². The summed E-state index contributed by atoms with van der Waals surface area (Å²) in [7, 11) is 0. The summed E-state index contributed by atoms with van der Waals surface area (Å²) in [5, 5.41) is 2.11. The molecule has 2 N–H and O–H groups in total. The summed E-state index contributed by atoms with van der Waals surface area (Å²) < 4.78 is 0. The second kappa shape index (κ2) is 7.73. The molecule has 1 aromatic rings. The van der Waals surface area contributed by atoms with Gasteiger partial charge in [0.05, 0.1) is 12.1 Å². The van der Waals surface area contributed by atoms with E-state index in [1.807, 2.05) is 0 Å². The smallest absolute Gasteiger partial charge is 0.240 e. The van der Waals surface area contributed by atoms with Gasteiger partial charge in [-0.05, 0) is 43.0 Å². The van der Waals surface area contributed by atoms with Crippen molar-refractivity contribution in [3.05, 3.63) is 22.4 Å². The zero-order chi connectivity index (χ0) is 16.6. The van der Waals surface area contributed by atoms with Gasteiger partial charge in [-0.25, -0.2) is 0 Å². The molecule has 2 aliphatic rings. The van der Waals surface area contributed by atoms with Crippen LogP contribution in [0.15, 0.2) is 17.5 Å². The van der Waals surface area contributed by atoms with Gasteiger partial charge in [0.2, 0.25) is 5.91 Å². The van der Waals surface area contributed by atoms with Crippen LogP contribution in [-0.2, 0) is 4.79 Å². The maximum Gasteiger partial charge on any atom is 0.240 e. The molecule has 3 atom stereocenters. The molecule has 4 nitrogen and oxygen atoms in total. The van der Waals surface area contributed by atoms with E-state index in [2.05, 4.69) is 48.1 Å². The Morgan fingerprint density at radius 2 is 2.12 bits per heavy atom.